The maximum atomic E-state index is 4.97. The summed E-state index contributed by atoms with van der Waals surface area (Å²) in [6.07, 6.45) is 7.28. The van der Waals surface area contributed by atoms with Crippen molar-refractivity contribution in [3.63, 3.8) is 0 Å². The van der Waals surface area contributed by atoms with Crippen molar-refractivity contribution in [3.8, 4) is 22.5 Å². The molecular formula is C26H22N4Pt. The van der Waals surface area contributed by atoms with Gasteiger partial charge >= 0.3 is 21.1 Å². The fourth-order valence-corrected chi connectivity index (χ4v) is 3.84. The summed E-state index contributed by atoms with van der Waals surface area (Å²) in [5.41, 5.74) is 6.58. The van der Waals surface area contributed by atoms with Crippen molar-refractivity contribution in [3.05, 3.63) is 95.8 Å². The first-order valence-electron chi connectivity index (χ1n) is 10.1. The molecule has 1 aliphatic heterocycles. The molecule has 8 bridgehead atoms. The summed E-state index contributed by atoms with van der Waals surface area (Å²) in [6.45, 7) is 8.59. The van der Waals surface area contributed by atoms with Gasteiger partial charge in [-0.25, -0.2) is 0 Å². The van der Waals surface area contributed by atoms with Gasteiger partial charge in [0.1, 0.15) is 0 Å². The zero-order valence-corrected chi connectivity index (χ0v) is 20.2. The number of rotatable bonds is 0. The van der Waals surface area contributed by atoms with Crippen LogP contribution in [-0.4, -0.2) is 19.9 Å². The third-order valence-electron chi connectivity index (χ3n) is 6.04. The van der Waals surface area contributed by atoms with Gasteiger partial charge in [0.15, 0.2) is 0 Å². The van der Waals surface area contributed by atoms with E-state index in [1.165, 1.54) is 0 Å². The van der Waals surface area contributed by atoms with Crippen molar-refractivity contribution < 1.29 is 21.1 Å². The van der Waals surface area contributed by atoms with E-state index in [1.807, 2.05) is 36.7 Å². The van der Waals surface area contributed by atoms with Crippen LogP contribution in [0.4, 0.5) is 0 Å². The summed E-state index contributed by atoms with van der Waals surface area (Å²) in [4.78, 5) is 19.0. The van der Waals surface area contributed by atoms with Crippen LogP contribution in [0.5, 0.6) is 0 Å². The van der Waals surface area contributed by atoms with E-state index >= 15 is 0 Å². The molecule has 0 aliphatic carbocycles. The van der Waals surface area contributed by atoms with E-state index in [0.29, 0.717) is 0 Å². The molecule has 0 amide bonds. The molecule has 5 rings (SSSR count). The summed E-state index contributed by atoms with van der Waals surface area (Å²) in [6, 6.07) is 19.4. The number of nitrogens with zero attached hydrogens (tertiary/aromatic N) is 4. The summed E-state index contributed by atoms with van der Waals surface area (Å²) >= 11 is 0. The minimum Gasteiger partial charge on any atom is -0.297 e. The second-order valence-electron chi connectivity index (χ2n) is 8.79. The van der Waals surface area contributed by atoms with E-state index in [1.54, 1.807) is 12.4 Å². The largest absolute Gasteiger partial charge is 2.00 e. The zero-order chi connectivity index (χ0) is 20.9. The molecule has 4 aromatic rings. The van der Waals surface area contributed by atoms with Crippen molar-refractivity contribution in [1.29, 1.82) is 0 Å². The molecule has 1 aliphatic rings. The second-order valence-corrected chi connectivity index (χ2v) is 8.79. The Morgan fingerprint density at radius 2 is 1.03 bits per heavy atom. The van der Waals surface area contributed by atoms with Gasteiger partial charge in [-0.3, -0.25) is 19.9 Å². The van der Waals surface area contributed by atoms with E-state index in [2.05, 4.69) is 61.9 Å². The first kappa shape index (κ1) is 21.5. The van der Waals surface area contributed by atoms with Gasteiger partial charge in [0, 0.05) is 47.0 Å². The van der Waals surface area contributed by atoms with Crippen LogP contribution in [0.25, 0.3) is 22.5 Å². The molecule has 0 spiro atoms. The Morgan fingerprint density at radius 1 is 0.613 bits per heavy atom. The van der Waals surface area contributed by atoms with Crippen molar-refractivity contribution in [1.82, 2.24) is 19.9 Å². The van der Waals surface area contributed by atoms with Gasteiger partial charge in [0.25, 0.3) is 0 Å². The molecule has 156 valence electrons. The monoisotopic (exact) mass is 585 g/mol. The number of aromatic nitrogens is 4. The Kier molecular flexibility index (Phi) is 5.39. The average molecular weight is 586 g/mol. The van der Waals surface area contributed by atoms with E-state index in [9.17, 15) is 0 Å². The number of hydrogen-bond acceptors (Lipinski definition) is 4. The number of hydrogen-bond donors (Lipinski definition) is 0. The second kappa shape index (κ2) is 7.76. The van der Waals surface area contributed by atoms with Crippen molar-refractivity contribution >= 4 is 0 Å². The Bertz CT molecular complexity index is 1070. The van der Waals surface area contributed by atoms with Crippen LogP contribution in [0.15, 0.2) is 61.2 Å². The Hall–Kier alpha value is -2.71. The standard InChI is InChI=1S/C26H22N4.Pt/c1-25(2)19-9-5-7-17(11-19)22-14-28-16-24(30-22)26(3,4)20-10-6-8-18(12-20)21-13-27-15-23(25)29-21;/h5-10,13-16H,1-4H3;/q-2;+2. The molecular weight excluding hydrogens is 563 g/mol. The van der Waals surface area contributed by atoms with Crippen LogP contribution in [0.1, 0.15) is 50.2 Å². The van der Waals surface area contributed by atoms with Gasteiger partial charge in [0.2, 0.25) is 0 Å². The van der Waals surface area contributed by atoms with E-state index < -0.39 is 0 Å². The SMILES string of the molecule is CC1(C)c2[c-]c(ccc2)-c2cncc(n2)C(C)(C)c2[c-]c(ccc2)-c2cncc1n2.[Pt+2]. The third kappa shape index (κ3) is 3.63. The first-order valence-corrected chi connectivity index (χ1v) is 10.1. The van der Waals surface area contributed by atoms with Gasteiger partial charge in [-0.2, -0.15) is 0 Å². The van der Waals surface area contributed by atoms with Crippen LogP contribution in [0, 0.1) is 12.1 Å². The van der Waals surface area contributed by atoms with Gasteiger partial charge in [0.05, 0.1) is 11.4 Å². The predicted octanol–water partition coefficient (Wildman–Crippen LogP) is 5.16. The minimum absolute atomic E-state index is 0. The van der Waals surface area contributed by atoms with Crippen LogP contribution in [-0.2, 0) is 31.9 Å². The fourth-order valence-electron chi connectivity index (χ4n) is 3.84. The smallest absolute Gasteiger partial charge is 0.297 e. The zero-order valence-electron chi connectivity index (χ0n) is 17.9. The van der Waals surface area contributed by atoms with E-state index in [-0.39, 0.29) is 31.9 Å². The summed E-state index contributed by atoms with van der Waals surface area (Å²) < 4.78 is 0. The number of fused-ring (bicyclic) bond motifs is 10. The third-order valence-corrected chi connectivity index (χ3v) is 6.04. The fraction of sp³-hybridized carbons (Fsp3) is 0.231. The Labute approximate surface area is 197 Å². The maximum Gasteiger partial charge on any atom is 2.00 e. The Morgan fingerprint density at radius 3 is 1.45 bits per heavy atom. The summed E-state index contributed by atoms with van der Waals surface area (Å²) in [5, 5.41) is 0. The van der Waals surface area contributed by atoms with Gasteiger partial charge < -0.3 is 0 Å². The molecule has 0 N–H and O–H groups in total. The predicted molar refractivity (Wildman–Crippen MR) is 117 cm³/mol. The van der Waals surface area contributed by atoms with E-state index in [0.717, 1.165) is 45.0 Å². The number of benzene rings is 2. The molecule has 2 aromatic heterocycles. The minimum atomic E-state index is -0.370. The molecule has 5 heteroatoms. The molecule has 0 unspecified atom stereocenters. The van der Waals surface area contributed by atoms with Gasteiger partial charge in [-0.1, -0.05) is 27.7 Å². The van der Waals surface area contributed by atoms with Crippen LogP contribution in [0.3, 0.4) is 0 Å². The average Bonchev–Trinajstić information content (AvgIpc) is 2.79. The van der Waals surface area contributed by atoms with Crippen molar-refractivity contribution in [2.75, 3.05) is 0 Å². The summed E-state index contributed by atoms with van der Waals surface area (Å²) in [7, 11) is 0. The maximum absolute atomic E-state index is 4.97. The molecule has 0 radical (unpaired) electrons. The van der Waals surface area contributed by atoms with Gasteiger partial charge in [-0.15, -0.1) is 70.8 Å². The van der Waals surface area contributed by atoms with Crippen molar-refractivity contribution in [2.24, 2.45) is 0 Å². The quantitative estimate of drug-likeness (QED) is 0.268. The molecule has 3 heterocycles. The topological polar surface area (TPSA) is 51.6 Å². The Balaban J connectivity index is 0.00000231. The van der Waals surface area contributed by atoms with Crippen LogP contribution in [0.2, 0.25) is 0 Å². The summed E-state index contributed by atoms with van der Waals surface area (Å²) in [5.74, 6) is 0. The molecule has 2 aromatic carbocycles. The van der Waals surface area contributed by atoms with Gasteiger partial charge in [-0.05, 0) is 0 Å². The van der Waals surface area contributed by atoms with Crippen molar-refractivity contribution in [2.45, 2.75) is 38.5 Å². The molecule has 0 saturated heterocycles. The molecule has 0 atom stereocenters. The molecule has 31 heavy (non-hydrogen) atoms. The molecule has 0 saturated carbocycles. The molecule has 4 nitrogen and oxygen atoms in total. The van der Waals surface area contributed by atoms with E-state index in [4.69, 9.17) is 9.97 Å². The first-order chi connectivity index (χ1) is 14.4. The normalized spacial score (nSPS) is 15.4. The molecule has 0 fully saturated rings. The van der Waals surface area contributed by atoms with Crippen LogP contribution < -0.4 is 0 Å². The van der Waals surface area contributed by atoms with Crippen LogP contribution >= 0.6 is 0 Å².